The lowest BCUT2D eigenvalue weighted by molar-refractivity contribution is -0.122. The highest BCUT2D eigenvalue weighted by atomic mass is 35.5. The minimum Gasteiger partial charge on any atom is -0.303 e. The molecule has 0 atom stereocenters. The summed E-state index contributed by atoms with van der Waals surface area (Å²) in [7, 11) is 0. The number of ketones is 1. The van der Waals surface area contributed by atoms with E-state index in [1.165, 1.54) is 33.4 Å². The number of likely N-dealkylation sites (tertiary alicyclic amines) is 1. The topological polar surface area (TPSA) is 20.3 Å². The van der Waals surface area contributed by atoms with Gasteiger partial charge in [0.2, 0.25) is 0 Å². The molecule has 29 heavy (non-hydrogen) atoms. The largest absolute Gasteiger partial charge is 0.303 e. The number of nitrogens with zero attached hydrogens (tertiary/aromatic N) is 1. The number of piperidine rings is 1. The Bertz CT molecular complexity index is 893. The monoisotopic (exact) mass is 409 g/mol. The van der Waals surface area contributed by atoms with Gasteiger partial charge in [-0.3, -0.25) is 4.79 Å². The van der Waals surface area contributed by atoms with Crippen LogP contribution in [0.2, 0.25) is 0 Å². The Morgan fingerprint density at radius 2 is 1.72 bits per heavy atom. The second-order valence-electron chi connectivity index (χ2n) is 8.45. The third-order valence-electron chi connectivity index (χ3n) is 6.48. The summed E-state index contributed by atoms with van der Waals surface area (Å²) < 4.78 is 0. The Labute approximate surface area is 181 Å². The van der Waals surface area contributed by atoms with Gasteiger partial charge in [-0.15, -0.1) is 12.4 Å². The van der Waals surface area contributed by atoms with Crippen molar-refractivity contribution in [1.29, 1.82) is 0 Å². The summed E-state index contributed by atoms with van der Waals surface area (Å²) in [6.45, 7) is 7.12. The molecule has 1 fully saturated rings. The van der Waals surface area contributed by atoms with Crippen LogP contribution in [0, 0.1) is 12.8 Å². The Balaban J connectivity index is 0.00000240. The summed E-state index contributed by atoms with van der Waals surface area (Å²) in [5.74, 6) is 0.655. The summed E-state index contributed by atoms with van der Waals surface area (Å²) >= 11 is 0. The van der Waals surface area contributed by atoms with E-state index in [9.17, 15) is 4.79 Å². The van der Waals surface area contributed by atoms with Crippen LogP contribution in [0.15, 0.2) is 48.5 Å². The molecule has 154 valence electrons. The Kier molecular flexibility index (Phi) is 7.32. The first kappa shape index (κ1) is 21.8. The summed E-state index contributed by atoms with van der Waals surface area (Å²) in [6.07, 6.45) is 7.79. The van der Waals surface area contributed by atoms with Crippen LogP contribution in [0.5, 0.6) is 0 Å². The second-order valence-corrected chi connectivity index (χ2v) is 8.45. The number of benzene rings is 2. The molecular weight excluding hydrogens is 378 g/mol. The maximum absolute atomic E-state index is 11.6. The number of fused-ring (bicyclic) bond motifs is 2. The summed E-state index contributed by atoms with van der Waals surface area (Å²) in [5, 5.41) is 0. The molecule has 2 nitrogen and oxygen atoms in total. The minimum atomic E-state index is 0. The third-order valence-corrected chi connectivity index (χ3v) is 6.48. The lowest BCUT2D eigenvalue weighted by atomic mass is 9.91. The summed E-state index contributed by atoms with van der Waals surface area (Å²) in [4.78, 5) is 14.1. The van der Waals surface area contributed by atoms with Gasteiger partial charge in [-0.1, -0.05) is 54.1 Å². The molecule has 4 rings (SSSR count). The van der Waals surface area contributed by atoms with Crippen molar-refractivity contribution >= 4 is 23.8 Å². The molecule has 0 radical (unpaired) electrons. The van der Waals surface area contributed by atoms with Gasteiger partial charge in [0.1, 0.15) is 5.78 Å². The van der Waals surface area contributed by atoms with Gasteiger partial charge in [-0.25, -0.2) is 0 Å². The van der Waals surface area contributed by atoms with Gasteiger partial charge in [0.15, 0.2) is 0 Å². The highest BCUT2D eigenvalue weighted by molar-refractivity contribution is 5.85. The molecule has 0 amide bonds. The highest BCUT2D eigenvalue weighted by Crippen LogP contribution is 2.34. The molecule has 0 unspecified atom stereocenters. The van der Waals surface area contributed by atoms with E-state index >= 15 is 0 Å². The van der Waals surface area contributed by atoms with Crippen molar-refractivity contribution in [2.45, 2.75) is 46.0 Å². The van der Waals surface area contributed by atoms with Gasteiger partial charge < -0.3 is 4.90 Å². The zero-order valence-corrected chi connectivity index (χ0v) is 18.4. The molecule has 0 N–H and O–H groups in total. The van der Waals surface area contributed by atoms with Crippen molar-refractivity contribution in [3.8, 4) is 0 Å². The number of Topliss-reactive ketones (excluding diaryl/α,β-unsaturated/α-hetero) is 1. The zero-order valence-electron chi connectivity index (χ0n) is 17.6. The zero-order chi connectivity index (χ0) is 19.5. The fourth-order valence-corrected chi connectivity index (χ4v) is 4.75. The number of carbonyl (C=O) groups excluding carboxylic acids is 1. The Morgan fingerprint density at radius 3 is 2.45 bits per heavy atom. The Hall–Kier alpha value is -1.90. The predicted octanol–water partition coefficient (Wildman–Crippen LogP) is 5.64. The van der Waals surface area contributed by atoms with Crippen LogP contribution < -0.4 is 0 Å². The van der Waals surface area contributed by atoms with E-state index in [4.69, 9.17) is 0 Å². The average Bonchev–Trinajstić information content (AvgIpc) is 2.85. The number of carbonyl (C=O) groups is 1. The van der Waals surface area contributed by atoms with Crippen LogP contribution >= 0.6 is 12.4 Å². The van der Waals surface area contributed by atoms with E-state index in [1.54, 1.807) is 6.92 Å². The normalized spacial score (nSPS) is 18.5. The Morgan fingerprint density at radius 1 is 1.03 bits per heavy atom. The van der Waals surface area contributed by atoms with E-state index in [2.05, 4.69) is 60.4 Å². The van der Waals surface area contributed by atoms with Crippen molar-refractivity contribution in [2.24, 2.45) is 5.92 Å². The SMILES string of the molecule is CC(=O)C1CCN(CCC=C2c3ccccc3CCc3ccc(C)cc32)CC1.Cl. The first-order chi connectivity index (χ1) is 13.6. The van der Waals surface area contributed by atoms with E-state index in [0.717, 1.165) is 51.7 Å². The van der Waals surface area contributed by atoms with Crippen molar-refractivity contribution < 1.29 is 4.79 Å². The van der Waals surface area contributed by atoms with Crippen molar-refractivity contribution in [3.05, 3.63) is 76.4 Å². The maximum atomic E-state index is 11.6. The molecular formula is C26H32ClNO. The summed E-state index contributed by atoms with van der Waals surface area (Å²) in [6, 6.07) is 15.8. The lowest BCUT2D eigenvalue weighted by Gasteiger charge is -2.30. The second kappa shape index (κ2) is 9.73. The first-order valence-corrected chi connectivity index (χ1v) is 10.7. The third kappa shape index (κ3) is 4.99. The van der Waals surface area contributed by atoms with Gasteiger partial charge >= 0.3 is 0 Å². The number of halogens is 1. The standard InChI is InChI=1S/C26H31NO.ClH/c1-19-9-10-23-12-11-22-6-3-4-7-24(22)25(26(23)18-19)8-5-15-27-16-13-21(14-17-27)20(2)28;/h3-4,6-10,18,21H,5,11-17H2,1-2H3;1H. The van der Waals surface area contributed by atoms with Gasteiger partial charge in [0.05, 0.1) is 0 Å². The lowest BCUT2D eigenvalue weighted by Crippen LogP contribution is -2.36. The molecule has 2 aromatic rings. The maximum Gasteiger partial charge on any atom is 0.133 e. The molecule has 2 aliphatic rings. The fourth-order valence-electron chi connectivity index (χ4n) is 4.75. The van der Waals surface area contributed by atoms with Gasteiger partial charge in [0.25, 0.3) is 0 Å². The van der Waals surface area contributed by atoms with Crippen LogP contribution in [-0.4, -0.2) is 30.3 Å². The number of hydrogen-bond donors (Lipinski definition) is 0. The predicted molar refractivity (Wildman–Crippen MR) is 124 cm³/mol. The van der Waals surface area contributed by atoms with Crippen LogP contribution in [0.25, 0.3) is 5.57 Å². The molecule has 3 heteroatoms. The van der Waals surface area contributed by atoms with Crippen molar-refractivity contribution in [2.75, 3.05) is 19.6 Å². The fraction of sp³-hybridized carbons (Fsp3) is 0.423. The van der Waals surface area contributed by atoms with E-state index in [-0.39, 0.29) is 18.3 Å². The molecule has 1 saturated heterocycles. The van der Waals surface area contributed by atoms with Crippen LogP contribution in [-0.2, 0) is 17.6 Å². The van der Waals surface area contributed by atoms with Gasteiger partial charge in [-0.05, 0) is 86.9 Å². The average molecular weight is 410 g/mol. The molecule has 0 aromatic heterocycles. The van der Waals surface area contributed by atoms with Crippen molar-refractivity contribution in [3.63, 3.8) is 0 Å². The van der Waals surface area contributed by atoms with Crippen LogP contribution in [0.1, 0.15) is 54.0 Å². The van der Waals surface area contributed by atoms with Gasteiger partial charge in [-0.2, -0.15) is 0 Å². The molecule has 1 aliphatic heterocycles. The van der Waals surface area contributed by atoms with Crippen molar-refractivity contribution in [1.82, 2.24) is 4.90 Å². The van der Waals surface area contributed by atoms with E-state index in [1.807, 2.05) is 0 Å². The number of rotatable bonds is 4. The van der Waals surface area contributed by atoms with Gasteiger partial charge in [0, 0.05) is 12.5 Å². The van der Waals surface area contributed by atoms with E-state index < -0.39 is 0 Å². The molecule has 0 spiro atoms. The number of hydrogen-bond acceptors (Lipinski definition) is 2. The molecule has 1 aliphatic carbocycles. The minimum absolute atomic E-state index is 0. The number of aryl methyl sites for hydroxylation is 3. The smallest absolute Gasteiger partial charge is 0.133 e. The molecule has 2 aromatic carbocycles. The summed E-state index contributed by atoms with van der Waals surface area (Å²) in [5.41, 5.74) is 8.49. The molecule has 0 bridgehead atoms. The van der Waals surface area contributed by atoms with E-state index in [0.29, 0.717) is 5.78 Å². The van der Waals surface area contributed by atoms with Crippen LogP contribution in [0.3, 0.4) is 0 Å². The first-order valence-electron chi connectivity index (χ1n) is 10.7. The quantitative estimate of drug-likeness (QED) is 0.651. The molecule has 1 heterocycles. The molecule has 0 saturated carbocycles. The van der Waals surface area contributed by atoms with Crippen LogP contribution in [0.4, 0.5) is 0 Å². The highest BCUT2D eigenvalue weighted by Gasteiger charge is 2.22.